The summed E-state index contributed by atoms with van der Waals surface area (Å²) in [7, 11) is 1.49. The average molecular weight is 442 g/mol. The predicted octanol–water partition coefficient (Wildman–Crippen LogP) is 2.04. The summed E-state index contributed by atoms with van der Waals surface area (Å²) in [6.45, 7) is 0.443. The highest BCUT2D eigenvalue weighted by atomic mass is 16.5. The zero-order valence-corrected chi connectivity index (χ0v) is 18.3. The first kappa shape index (κ1) is 25.2. The maximum Gasteiger partial charge on any atom is 0.237 e. The van der Waals surface area contributed by atoms with Crippen molar-refractivity contribution in [1.82, 2.24) is 10.8 Å². The van der Waals surface area contributed by atoms with Crippen molar-refractivity contribution in [1.29, 1.82) is 0 Å². The molecule has 0 aliphatic rings. The standard InChI is InChI=1S/C24H31N3O5/c1-26-23(30)21(25)17-18-9-5-6-12-20(18)22(29)24(27-31,14-15-28)13-7-8-16-32-19-10-3-2-4-11-19/h2-6,9-12,15,21,27,31H,7-8,13-14,16-17,25H2,1H3,(H,26,30)/t21-,24+/m0/s1. The minimum Gasteiger partial charge on any atom is -0.494 e. The SMILES string of the molecule is CNC(=O)[C@@H](N)Cc1ccccc1C(=O)[C@](CC=O)(CCCCOc1ccccc1)NO. The van der Waals surface area contributed by atoms with Gasteiger partial charge in [-0.2, -0.15) is 5.48 Å². The summed E-state index contributed by atoms with van der Waals surface area (Å²) in [6.07, 6.45) is 1.97. The summed E-state index contributed by atoms with van der Waals surface area (Å²) in [6, 6.07) is 15.3. The number of Topliss-reactive ketones (excluding diaryl/α,β-unsaturated/α-hetero) is 1. The number of ketones is 1. The molecule has 5 N–H and O–H groups in total. The number of carbonyl (C=O) groups excluding carboxylic acids is 3. The number of hydroxylamine groups is 1. The van der Waals surface area contributed by atoms with Gasteiger partial charge in [-0.15, -0.1) is 0 Å². The third-order valence-electron chi connectivity index (χ3n) is 5.38. The number of benzene rings is 2. The molecule has 8 heteroatoms. The number of nitrogens with one attached hydrogen (secondary N) is 2. The first-order valence-corrected chi connectivity index (χ1v) is 10.6. The van der Waals surface area contributed by atoms with E-state index < -0.39 is 17.4 Å². The lowest BCUT2D eigenvalue weighted by atomic mass is 9.81. The molecule has 0 heterocycles. The smallest absolute Gasteiger partial charge is 0.237 e. The number of aldehydes is 1. The van der Waals surface area contributed by atoms with Crippen molar-refractivity contribution in [3.63, 3.8) is 0 Å². The van der Waals surface area contributed by atoms with Crippen LogP contribution in [0, 0.1) is 0 Å². The highest BCUT2D eigenvalue weighted by Crippen LogP contribution is 2.26. The number of carbonyl (C=O) groups is 3. The molecule has 8 nitrogen and oxygen atoms in total. The van der Waals surface area contributed by atoms with E-state index in [1.807, 2.05) is 30.3 Å². The van der Waals surface area contributed by atoms with E-state index in [4.69, 9.17) is 10.5 Å². The molecule has 1 amide bonds. The lowest BCUT2D eigenvalue weighted by molar-refractivity contribution is -0.121. The van der Waals surface area contributed by atoms with Gasteiger partial charge in [0, 0.05) is 19.0 Å². The molecule has 172 valence electrons. The normalized spacial score (nSPS) is 13.6. The van der Waals surface area contributed by atoms with E-state index in [0.29, 0.717) is 36.9 Å². The Hall–Kier alpha value is -3.07. The van der Waals surface area contributed by atoms with Gasteiger partial charge < -0.3 is 25.8 Å². The third-order valence-corrected chi connectivity index (χ3v) is 5.38. The van der Waals surface area contributed by atoms with Crippen LogP contribution in [0.4, 0.5) is 0 Å². The largest absolute Gasteiger partial charge is 0.494 e. The molecular weight excluding hydrogens is 410 g/mol. The Balaban J connectivity index is 2.11. The summed E-state index contributed by atoms with van der Waals surface area (Å²) in [4.78, 5) is 36.7. The van der Waals surface area contributed by atoms with Crippen LogP contribution in [0.3, 0.4) is 0 Å². The minimum absolute atomic E-state index is 0.148. The van der Waals surface area contributed by atoms with E-state index in [-0.39, 0.29) is 25.2 Å². The van der Waals surface area contributed by atoms with Crippen LogP contribution in [-0.4, -0.2) is 48.4 Å². The van der Waals surface area contributed by atoms with E-state index in [2.05, 4.69) is 10.8 Å². The summed E-state index contributed by atoms with van der Waals surface area (Å²) < 4.78 is 5.67. The van der Waals surface area contributed by atoms with Crippen LogP contribution in [-0.2, 0) is 16.0 Å². The summed E-state index contributed by atoms with van der Waals surface area (Å²) in [5.41, 5.74) is 7.46. The van der Waals surface area contributed by atoms with Crippen molar-refractivity contribution in [2.24, 2.45) is 5.73 Å². The number of rotatable bonds is 14. The number of hydrogen-bond donors (Lipinski definition) is 4. The monoisotopic (exact) mass is 441 g/mol. The molecule has 0 unspecified atom stereocenters. The molecule has 0 aliphatic heterocycles. The summed E-state index contributed by atoms with van der Waals surface area (Å²) in [5, 5.41) is 12.4. The van der Waals surface area contributed by atoms with Gasteiger partial charge in [-0.25, -0.2) is 0 Å². The number of hydrogen-bond acceptors (Lipinski definition) is 7. The van der Waals surface area contributed by atoms with Crippen molar-refractivity contribution in [2.75, 3.05) is 13.7 Å². The van der Waals surface area contributed by atoms with Crippen molar-refractivity contribution < 1.29 is 24.3 Å². The summed E-state index contributed by atoms with van der Waals surface area (Å²) >= 11 is 0. The second-order valence-electron chi connectivity index (χ2n) is 7.59. The molecule has 0 saturated heterocycles. The minimum atomic E-state index is -1.47. The van der Waals surface area contributed by atoms with Crippen LogP contribution in [0.25, 0.3) is 0 Å². The van der Waals surface area contributed by atoms with Crippen molar-refractivity contribution in [3.05, 3.63) is 65.7 Å². The molecule has 0 saturated carbocycles. The van der Waals surface area contributed by atoms with E-state index >= 15 is 0 Å². The zero-order valence-electron chi connectivity index (χ0n) is 18.3. The Morgan fingerprint density at radius 3 is 2.47 bits per heavy atom. The Morgan fingerprint density at radius 1 is 1.12 bits per heavy atom. The van der Waals surface area contributed by atoms with E-state index in [1.54, 1.807) is 24.3 Å². The second kappa shape index (κ2) is 12.7. The molecule has 0 bridgehead atoms. The van der Waals surface area contributed by atoms with Gasteiger partial charge in [0.05, 0.1) is 12.6 Å². The fraction of sp³-hybridized carbons (Fsp3) is 0.375. The number of unbranched alkanes of at least 4 members (excludes halogenated alkanes) is 1. The van der Waals surface area contributed by atoms with Crippen LogP contribution < -0.4 is 21.3 Å². The first-order valence-electron chi connectivity index (χ1n) is 10.6. The topological polar surface area (TPSA) is 131 Å². The number of ether oxygens (including phenoxy) is 1. The van der Waals surface area contributed by atoms with Gasteiger partial charge in [0.25, 0.3) is 0 Å². The van der Waals surface area contributed by atoms with Crippen molar-refractivity contribution in [3.8, 4) is 5.75 Å². The summed E-state index contributed by atoms with van der Waals surface area (Å²) in [5.74, 6) is -0.00899. The maximum absolute atomic E-state index is 13.5. The molecule has 0 fully saturated rings. The van der Waals surface area contributed by atoms with Crippen LogP contribution in [0.5, 0.6) is 5.75 Å². The van der Waals surface area contributed by atoms with Crippen LogP contribution in [0.1, 0.15) is 41.6 Å². The Kier molecular flexibility index (Phi) is 10.0. The molecule has 2 rings (SSSR count). The average Bonchev–Trinajstić information content (AvgIpc) is 2.83. The van der Waals surface area contributed by atoms with Crippen LogP contribution in [0.15, 0.2) is 54.6 Å². The lowest BCUT2D eigenvalue weighted by Gasteiger charge is -2.30. The lowest BCUT2D eigenvalue weighted by Crippen LogP contribution is -2.51. The Bertz CT molecular complexity index is 890. The maximum atomic E-state index is 13.5. The van der Waals surface area contributed by atoms with Gasteiger partial charge in [-0.1, -0.05) is 42.5 Å². The van der Waals surface area contributed by atoms with Crippen LogP contribution >= 0.6 is 0 Å². The molecular formula is C24H31N3O5. The van der Waals surface area contributed by atoms with E-state index in [0.717, 1.165) is 5.75 Å². The van der Waals surface area contributed by atoms with Crippen molar-refractivity contribution in [2.45, 2.75) is 43.7 Å². The number of amides is 1. The Labute approximate surface area is 188 Å². The van der Waals surface area contributed by atoms with Gasteiger partial charge in [0.15, 0.2) is 5.78 Å². The van der Waals surface area contributed by atoms with Crippen molar-refractivity contribution >= 4 is 18.0 Å². The third kappa shape index (κ3) is 6.71. The Morgan fingerprint density at radius 2 is 1.81 bits per heavy atom. The number of likely N-dealkylation sites (N-methyl/N-ethyl adjacent to an activating group) is 1. The molecule has 0 aliphatic carbocycles. The molecule has 0 spiro atoms. The van der Waals surface area contributed by atoms with Gasteiger partial charge in [0.2, 0.25) is 5.91 Å². The highest BCUT2D eigenvalue weighted by Gasteiger charge is 2.39. The fourth-order valence-corrected chi connectivity index (χ4v) is 3.53. The molecule has 2 atom stereocenters. The predicted molar refractivity (Wildman–Crippen MR) is 121 cm³/mol. The zero-order chi connectivity index (χ0) is 23.4. The van der Waals surface area contributed by atoms with E-state index in [9.17, 15) is 19.6 Å². The molecule has 32 heavy (non-hydrogen) atoms. The highest BCUT2D eigenvalue weighted by molar-refractivity contribution is 6.05. The second-order valence-corrected chi connectivity index (χ2v) is 7.59. The number of nitrogens with two attached hydrogens (primary N) is 1. The van der Waals surface area contributed by atoms with Gasteiger partial charge >= 0.3 is 0 Å². The van der Waals surface area contributed by atoms with Gasteiger partial charge in [-0.05, 0) is 43.4 Å². The molecule has 0 aromatic heterocycles. The fourth-order valence-electron chi connectivity index (χ4n) is 3.53. The van der Waals surface area contributed by atoms with Crippen LogP contribution in [0.2, 0.25) is 0 Å². The van der Waals surface area contributed by atoms with Gasteiger partial charge in [0.1, 0.15) is 17.6 Å². The molecule has 2 aromatic rings. The number of para-hydroxylation sites is 1. The molecule has 0 radical (unpaired) electrons. The molecule has 2 aromatic carbocycles. The first-order chi connectivity index (χ1) is 15.5. The van der Waals surface area contributed by atoms with E-state index in [1.165, 1.54) is 7.05 Å². The quantitative estimate of drug-likeness (QED) is 0.153. The van der Waals surface area contributed by atoms with Gasteiger partial charge in [-0.3, -0.25) is 9.59 Å².